The van der Waals surface area contributed by atoms with Crippen LogP contribution < -0.4 is 14.5 Å². The van der Waals surface area contributed by atoms with E-state index in [0.717, 1.165) is 85.7 Å². The van der Waals surface area contributed by atoms with Gasteiger partial charge in [0.1, 0.15) is 17.3 Å². The van der Waals surface area contributed by atoms with Crippen LogP contribution in [0.15, 0.2) is 46.7 Å². The van der Waals surface area contributed by atoms with Gasteiger partial charge in [-0.2, -0.15) is 0 Å². The van der Waals surface area contributed by atoms with E-state index in [0.29, 0.717) is 29.7 Å². The number of rotatable bonds is 6. The lowest BCUT2D eigenvalue weighted by atomic mass is 9.76. The number of anilines is 2. The standard InChI is InChI=1S/C29H34N6O3S/c1-37-17-19-11-21-18-38-26-24(4-8-31-28(26)35(21)15-19)39-25-14-32-27(23(16-36)33-25)34-9-5-29(6-10-34)12-20-3-2-7-30-22(20)13-29/h2-4,7-8,14,19,21,36H,5-6,9-13,15-18H2,1H3. The first-order valence-electron chi connectivity index (χ1n) is 13.8. The number of aliphatic hydroxyl groups excluding tert-OH is 1. The average molecular weight is 547 g/mol. The summed E-state index contributed by atoms with van der Waals surface area (Å²) in [5, 5.41) is 11.0. The van der Waals surface area contributed by atoms with Crippen molar-refractivity contribution in [2.45, 2.75) is 54.7 Å². The van der Waals surface area contributed by atoms with E-state index in [9.17, 15) is 5.11 Å². The first kappa shape index (κ1) is 25.0. The van der Waals surface area contributed by atoms with Gasteiger partial charge in [-0.25, -0.2) is 15.0 Å². The summed E-state index contributed by atoms with van der Waals surface area (Å²) in [6, 6.07) is 6.58. The molecule has 2 unspecified atom stereocenters. The minimum Gasteiger partial charge on any atom is -0.486 e. The molecule has 3 aromatic heterocycles. The number of pyridine rings is 2. The number of piperidine rings is 1. The lowest BCUT2D eigenvalue weighted by Crippen LogP contribution is -2.41. The Hall–Kier alpha value is -2.95. The van der Waals surface area contributed by atoms with Gasteiger partial charge in [0.05, 0.1) is 30.3 Å². The number of ether oxygens (including phenoxy) is 2. The van der Waals surface area contributed by atoms with Crippen LogP contribution in [0.5, 0.6) is 5.75 Å². The minimum atomic E-state index is -0.144. The van der Waals surface area contributed by atoms with Gasteiger partial charge in [-0.05, 0) is 55.2 Å². The minimum absolute atomic E-state index is 0.144. The molecular weight excluding hydrogens is 512 g/mol. The van der Waals surface area contributed by atoms with Crippen molar-refractivity contribution in [1.82, 2.24) is 19.9 Å². The van der Waals surface area contributed by atoms with E-state index in [1.165, 1.54) is 23.0 Å². The molecule has 10 heteroatoms. The Balaban J connectivity index is 1.06. The van der Waals surface area contributed by atoms with Gasteiger partial charge in [0.15, 0.2) is 17.4 Å². The molecule has 3 aromatic rings. The Kier molecular flexibility index (Phi) is 6.57. The highest BCUT2D eigenvalue weighted by Gasteiger charge is 2.41. The van der Waals surface area contributed by atoms with Crippen molar-refractivity contribution in [3.8, 4) is 5.75 Å². The summed E-state index contributed by atoms with van der Waals surface area (Å²) in [4.78, 5) is 24.5. The summed E-state index contributed by atoms with van der Waals surface area (Å²) < 4.78 is 11.6. The summed E-state index contributed by atoms with van der Waals surface area (Å²) in [6.07, 6.45) is 11.0. The predicted molar refractivity (Wildman–Crippen MR) is 148 cm³/mol. The number of methoxy groups -OCH3 is 1. The molecular formula is C29H34N6O3S. The summed E-state index contributed by atoms with van der Waals surface area (Å²) in [5.74, 6) is 2.99. The Bertz CT molecular complexity index is 1340. The van der Waals surface area contributed by atoms with Crippen molar-refractivity contribution >= 4 is 23.4 Å². The molecule has 0 saturated carbocycles. The van der Waals surface area contributed by atoms with Crippen LogP contribution in [0.3, 0.4) is 0 Å². The van der Waals surface area contributed by atoms with Gasteiger partial charge >= 0.3 is 0 Å². The number of aromatic nitrogens is 4. The van der Waals surface area contributed by atoms with Gasteiger partial charge in [0, 0.05) is 50.7 Å². The van der Waals surface area contributed by atoms with Crippen molar-refractivity contribution in [2.24, 2.45) is 11.3 Å². The maximum Gasteiger partial charge on any atom is 0.175 e. The number of hydrogen-bond acceptors (Lipinski definition) is 10. The number of aliphatic hydroxyl groups is 1. The van der Waals surface area contributed by atoms with Crippen LogP contribution in [0, 0.1) is 11.3 Å². The number of hydrogen-bond donors (Lipinski definition) is 1. The molecule has 3 aliphatic heterocycles. The summed E-state index contributed by atoms with van der Waals surface area (Å²) >= 11 is 1.51. The maximum absolute atomic E-state index is 10.2. The first-order chi connectivity index (χ1) is 19.1. The van der Waals surface area contributed by atoms with Crippen LogP contribution in [0.4, 0.5) is 11.6 Å². The molecule has 204 valence electrons. The zero-order chi connectivity index (χ0) is 26.4. The SMILES string of the molecule is COCC1CC2COc3c(Sc4cnc(N5CCC6(CC5)Cc5cccnc5C6)c(CO)n4)ccnc3N2C1. The van der Waals surface area contributed by atoms with Crippen LogP contribution in [0.2, 0.25) is 0 Å². The van der Waals surface area contributed by atoms with Gasteiger partial charge in [0.2, 0.25) is 0 Å². The third kappa shape index (κ3) is 4.62. The highest BCUT2D eigenvalue weighted by Crippen LogP contribution is 2.46. The largest absolute Gasteiger partial charge is 0.486 e. The van der Waals surface area contributed by atoms with E-state index < -0.39 is 0 Å². The molecule has 0 amide bonds. The Morgan fingerprint density at radius 1 is 1.13 bits per heavy atom. The molecule has 4 aliphatic rings. The molecule has 1 aliphatic carbocycles. The molecule has 1 N–H and O–H groups in total. The van der Waals surface area contributed by atoms with Gasteiger partial charge in [-0.1, -0.05) is 17.8 Å². The van der Waals surface area contributed by atoms with Crippen LogP contribution in [0.1, 0.15) is 36.2 Å². The van der Waals surface area contributed by atoms with Gasteiger partial charge in [0.25, 0.3) is 0 Å². The molecule has 1 spiro atoms. The van der Waals surface area contributed by atoms with Crippen LogP contribution in [0.25, 0.3) is 0 Å². The molecule has 2 atom stereocenters. The third-order valence-electron chi connectivity index (χ3n) is 8.83. The van der Waals surface area contributed by atoms with E-state index in [1.807, 2.05) is 30.7 Å². The quantitative estimate of drug-likeness (QED) is 0.495. The molecule has 2 fully saturated rings. The smallest absolute Gasteiger partial charge is 0.175 e. The van der Waals surface area contributed by atoms with E-state index in [-0.39, 0.29) is 6.61 Å². The predicted octanol–water partition coefficient (Wildman–Crippen LogP) is 3.53. The van der Waals surface area contributed by atoms with Gasteiger partial charge in [-0.15, -0.1) is 0 Å². The summed E-state index contributed by atoms with van der Waals surface area (Å²) in [5.41, 5.74) is 3.59. The van der Waals surface area contributed by atoms with E-state index in [2.05, 4.69) is 25.8 Å². The fourth-order valence-electron chi connectivity index (χ4n) is 6.90. The molecule has 0 aromatic carbocycles. The van der Waals surface area contributed by atoms with Crippen molar-refractivity contribution in [3.05, 3.63) is 53.7 Å². The molecule has 39 heavy (non-hydrogen) atoms. The Morgan fingerprint density at radius 2 is 2.03 bits per heavy atom. The van der Waals surface area contributed by atoms with E-state index in [1.54, 1.807) is 7.11 Å². The van der Waals surface area contributed by atoms with Gasteiger partial charge in [-0.3, -0.25) is 4.98 Å². The fourth-order valence-corrected chi connectivity index (χ4v) is 7.76. The second-order valence-corrected chi connectivity index (χ2v) is 12.4. The molecule has 0 radical (unpaired) electrons. The zero-order valence-corrected chi connectivity index (χ0v) is 23.1. The molecule has 0 bridgehead atoms. The van der Waals surface area contributed by atoms with Crippen LogP contribution in [-0.2, 0) is 24.2 Å². The monoisotopic (exact) mass is 546 g/mol. The van der Waals surface area contributed by atoms with E-state index >= 15 is 0 Å². The second kappa shape index (κ2) is 10.2. The van der Waals surface area contributed by atoms with Crippen molar-refractivity contribution in [1.29, 1.82) is 0 Å². The number of nitrogens with zero attached hydrogens (tertiary/aromatic N) is 6. The molecule has 6 heterocycles. The third-order valence-corrected chi connectivity index (χ3v) is 9.77. The number of fused-ring (bicyclic) bond motifs is 4. The zero-order valence-electron chi connectivity index (χ0n) is 22.3. The highest BCUT2D eigenvalue weighted by molar-refractivity contribution is 7.99. The Morgan fingerprint density at radius 3 is 2.85 bits per heavy atom. The fraction of sp³-hybridized carbons (Fsp3) is 0.517. The van der Waals surface area contributed by atoms with Crippen molar-refractivity contribution < 1.29 is 14.6 Å². The topological polar surface area (TPSA) is 96.7 Å². The van der Waals surface area contributed by atoms with Crippen LogP contribution in [-0.4, -0.2) is 71.0 Å². The normalized spacial score (nSPS) is 22.9. The Labute approximate surface area is 233 Å². The highest BCUT2D eigenvalue weighted by atomic mass is 32.2. The van der Waals surface area contributed by atoms with E-state index in [4.69, 9.17) is 19.4 Å². The average Bonchev–Trinajstić information content (AvgIpc) is 3.54. The lowest BCUT2D eigenvalue weighted by Gasteiger charge is -2.40. The van der Waals surface area contributed by atoms with Crippen LogP contribution >= 0.6 is 11.8 Å². The van der Waals surface area contributed by atoms with Gasteiger partial charge < -0.3 is 24.4 Å². The second-order valence-electron chi connectivity index (χ2n) is 11.3. The molecule has 9 nitrogen and oxygen atoms in total. The molecule has 2 saturated heterocycles. The van der Waals surface area contributed by atoms with Crippen molar-refractivity contribution in [3.63, 3.8) is 0 Å². The first-order valence-corrected chi connectivity index (χ1v) is 14.7. The van der Waals surface area contributed by atoms with Crippen molar-refractivity contribution in [2.75, 3.05) is 49.8 Å². The summed E-state index contributed by atoms with van der Waals surface area (Å²) in [7, 11) is 1.76. The molecule has 7 rings (SSSR count). The lowest BCUT2D eigenvalue weighted by molar-refractivity contribution is 0.157. The maximum atomic E-state index is 10.2. The summed E-state index contributed by atoms with van der Waals surface area (Å²) in [6.45, 7) is 4.01.